The molecule has 3 nitrogen and oxygen atoms in total. The van der Waals surface area contributed by atoms with Gasteiger partial charge in [0.15, 0.2) is 0 Å². The molecular weight excluding hydrogens is 280 g/mol. The first kappa shape index (κ1) is 12.9. The second-order valence-corrected chi connectivity index (χ2v) is 5.79. The van der Waals surface area contributed by atoms with Crippen LogP contribution in [0.3, 0.4) is 0 Å². The van der Waals surface area contributed by atoms with Gasteiger partial charge < -0.3 is 5.73 Å². The lowest BCUT2D eigenvalue weighted by Crippen LogP contribution is -2.01. The maximum absolute atomic E-state index is 13.2. The summed E-state index contributed by atoms with van der Waals surface area (Å²) < 4.78 is 26.3. The van der Waals surface area contributed by atoms with E-state index < -0.39 is 11.6 Å². The average Bonchev–Trinajstić information content (AvgIpc) is 2.68. The van der Waals surface area contributed by atoms with Gasteiger partial charge in [0.1, 0.15) is 28.1 Å². The van der Waals surface area contributed by atoms with Crippen molar-refractivity contribution in [1.29, 1.82) is 0 Å². The SMILES string of the molecule is Cc1cc2c(N)nc(Cc3cc(F)cc(F)c3)nc2s1. The summed E-state index contributed by atoms with van der Waals surface area (Å²) in [6.45, 7) is 1.97. The predicted molar refractivity (Wildman–Crippen MR) is 75.7 cm³/mol. The molecule has 2 heterocycles. The third kappa shape index (κ3) is 2.46. The number of hydrogen-bond acceptors (Lipinski definition) is 4. The van der Waals surface area contributed by atoms with Crippen LogP contribution in [-0.4, -0.2) is 9.97 Å². The van der Waals surface area contributed by atoms with Crippen LogP contribution in [0.5, 0.6) is 0 Å². The van der Waals surface area contributed by atoms with E-state index in [0.717, 1.165) is 21.2 Å². The summed E-state index contributed by atoms with van der Waals surface area (Å²) in [5, 5.41) is 0.821. The van der Waals surface area contributed by atoms with E-state index in [2.05, 4.69) is 9.97 Å². The average molecular weight is 291 g/mol. The molecule has 3 aromatic rings. The Morgan fingerprint density at radius 2 is 1.80 bits per heavy atom. The number of halogens is 2. The number of thiophene rings is 1. The molecule has 20 heavy (non-hydrogen) atoms. The summed E-state index contributed by atoms with van der Waals surface area (Å²) in [4.78, 5) is 10.5. The minimum atomic E-state index is -0.610. The maximum Gasteiger partial charge on any atom is 0.136 e. The lowest BCUT2D eigenvalue weighted by molar-refractivity contribution is 0.580. The van der Waals surface area contributed by atoms with Crippen molar-refractivity contribution in [1.82, 2.24) is 9.97 Å². The Balaban J connectivity index is 2.01. The molecule has 0 spiro atoms. The number of anilines is 1. The highest BCUT2D eigenvalue weighted by atomic mass is 32.1. The molecule has 0 aliphatic heterocycles. The second-order valence-electron chi connectivity index (χ2n) is 4.56. The lowest BCUT2D eigenvalue weighted by Gasteiger charge is -2.03. The van der Waals surface area contributed by atoms with E-state index in [0.29, 0.717) is 17.2 Å². The molecule has 0 saturated heterocycles. The fraction of sp³-hybridized carbons (Fsp3) is 0.143. The van der Waals surface area contributed by atoms with Gasteiger partial charge in [0.25, 0.3) is 0 Å². The molecular formula is C14H11F2N3S. The van der Waals surface area contributed by atoms with Gasteiger partial charge in [0.05, 0.1) is 5.39 Å². The molecule has 0 amide bonds. The van der Waals surface area contributed by atoms with Crippen LogP contribution in [0.15, 0.2) is 24.3 Å². The summed E-state index contributed by atoms with van der Waals surface area (Å²) in [5.41, 5.74) is 6.37. The Morgan fingerprint density at radius 3 is 2.50 bits per heavy atom. The molecule has 0 saturated carbocycles. The number of nitrogens with two attached hydrogens (primary N) is 1. The Kier molecular flexibility index (Phi) is 3.10. The van der Waals surface area contributed by atoms with Crippen molar-refractivity contribution in [3.63, 3.8) is 0 Å². The van der Waals surface area contributed by atoms with E-state index >= 15 is 0 Å². The normalized spacial score (nSPS) is 11.2. The van der Waals surface area contributed by atoms with Crippen LogP contribution in [0, 0.1) is 18.6 Å². The number of hydrogen-bond donors (Lipinski definition) is 1. The fourth-order valence-corrected chi connectivity index (χ4v) is 2.99. The molecule has 0 radical (unpaired) electrons. The highest BCUT2D eigenvalue weighted by molar-refractivity contribution is 7.18. The highest BCUT2D eigenvalue weighted by Gasteiger charge is 2.10. The number of nitrogens with zero attached hydrogens (tertiary/aromatic N) is 2. The maximum atomic E-state index is 13.2. The lowest BCUT2D eigenvalue weighted by atomic mass is 10.1. The van der Waals surface area contributed by atoms with Gasteiger partial charge in [0, 0.05) is 17.4 Å². The predicted octanol–water partition coefficient (Wildman–Crippen LogP) is 3.45. The van der Waals surface area contributed by atoms with Gasteiger partial charge in [-0.1, -0.05) is 0 Å². The Morgan fingerprint density at radius 1 is 1.10 bits per heavy atom. The summed E-state index contributed by atoms with van der Waals surface area (Å²) in [5.74, 6) is -0.366. The van der Waals surface area contributed by atoms with Gasteiger partial charge in [-0.3, -0.25) is 0 Å². The van der Waals surface area contributed by atoms with Crippen molar-refractivity contribution < 1.29 is 8.78 Å². The van der Waals surface area contributed by atoms with Gasteiger partial charge in [-0.25, -0.2) is 18.7 Å². The van der Waals surface area contributed by atoms with E-state index in [1.54, 1.807) is 0 Å². The van der Waals surface area contributed by atoms with Gasteiger partial charge >= 0.3 is 0 Å². The number of rotatable bonds is 2. The molecule has 0 aliphatic carbocycles. The second kappa shape index (κ2) is 4.79. The highest BCUT2D eigenvalue weighted by Crippen LogP contribution is 2.27. The smallest absolute Gasteiger partial charge is 0.136 e. The van der Waals surface area contributed by atoms with E-state index in [4.69, 9.17) is 5.73 Å². The quantitative estimate of drug-likeness (QED) is 0.786. The van der Waals surface area contributed by atoms with Gasteiger partial charge in [0.2, 0.25) is 0 Å². The van der Waals surface area contributed by atoms with Crippen LogP contribution in [0.1, 0.15) is 16.3 Å². The van der Waals surface area contributed by atoms with E-state index in [-0.39, 0.29) is 6.42 Å². The first-order valence-electron chi connectivity index (χ1n) is 5.99. The molecule has 0 bridgehead atoms. The van der Waals surface area contributed by atoms with Crippen LogP contribution >= 0.6 is 11.3 Å². The van der Waals surface area contributed by atoms with Crippen LogP contribution in [0.2, 0.25) is 0 Å². The number of aryl methyl sites for hydroxylation is 1. The first-order chi connectivity index (χ1) is 9.51. The number of fused-ring (bicyclic) bond motifs is 1. The molecule has 2 N–H and O–H groups in total. The zero-order valence-electron chi connectivity index (χ0n) is 10.7. The molecule has 0 aliphatic rings. The standard InChI is InChI=1S/C14H11F2N3S/c1-7-2-11-13(17)18-12(19-14(11)20-7)5-8-3-9(15)6-10(16)4-8/h2-4,6H,5H2,1H3,(H2,17,18,19). The Hall–Kier alpha value is -2.08. The monoisotopic (exact) mass is 291 g/mol. The number of aromatic nitrogens is 2. The molecule has 3 rings (SSSR count). The molecule has 0 unspecified atom stereocenters. The largest absolute Gasteiger partial charge is 0.383 e. The zero-order chi connectivity index (χ0) is 14.3. The molecule has 2 aromatic heterocycles. The summed E-state index contributed by atoms with van der Waals surface area (Å²) in [6.07, 6.45) is 0.242. The van der Waals surface area contributed by atoms with Crippen LogP contribution in [-0.2, 0) is 6.42 Å². The molecule has 102 valence electrons. The molecule has 6 heteroatoms. The minimum absolute atomic E-state index is 0.242. The van der Waals surface area contributed by atoms with Crippen molar-refractivity contribution in [3.05, 3.63) is 52.2 Å². The van der Waals surface area contributed by atoms with Crippen molar-refractivity contribution in [2.24, 2.45) is 0 Å². The van der Waals surface area contributed by atoms with E-state index in [9.17, 15) is 8.78 Å². The first-order valence-corrected chi connectivity index (χ1v) is 6.80. The van der Waals surface area contributed by atoms with Crippen molar-refractivity contribution in [3.8, 4) is 0 Å². The topological polar surface area (TPSA) is 51.8 Å². The van der Waals surface area contributed by atoms with Gasteiger partial charge in [-0.2, -0.15) is 0 Å². The van der Waals surface area contributed by atoms with Crippen LogP contribution < -0.4 is 5.73 Å². The van der Waals surface area contributed by atoms with Crippen molar-refractivity contribution in [2.75, 3.05) is 5.73 Å². The summed E-state index contributed by atoms with van der Waals surface area (Å²) in [6, 6.07) is 5.31. The molecule has 0 atom stereocenters. The van der Waals surface area contributed by atoms with Gasteiger partial charge in [-0.05, 0) is 30.7 Å². The third-order valence-corrected chi connectivity index (χ3v) is 3.82. The number of nitrogen functional groups attached to an aromatic ring is 1. The number of benzene rings is 1. The van der Waals surface area contributed by atoms with Crippen molar-refractivity contribution in [2.45, 2.75) is 13.3 Å². The fourth-order valence-electron chi connectivity index (χ4n) is 2.08. The summed E-state index contributed by atoms with van der Waals surface area (Å²) >= 11 is 1.52. The molecule has 1 aromatic carbocycles. The zero-order valence-corrected chi connectivity index (χ0v) is 11.5. The van der Waals surface area contributed by atoms with E-state index in [1.807, 2.05) is 13.0 Å². The van der Waals surface area contributed by atoms with Crippen LogP contribution in [0.25, 0.3) is 10.2 Å². The third-order valence-electron chi connectivity index (χ3n) is 2.88. The summed E-state index contributed by atoms with van der Waals surface area (Å²) in [7, 11) is 0. The molecule has 0 fully saturated rings. The Bertz CT molecular complexity index is 778. The van der Waals surface area contributed by atoms with Crippen molar-refractivity contribution >= 4 is 27.4 Å². The Labute approximate surface area is 118 Å². The van der Waals surface area contributed by atoms with Gasteiger partial charge in [-0.15, -0.1) is 11.3 Å². The van der Waals surface area contributed by atoms with E-state index in [1.165, 1.54) is 23.5 Å². The minimum Gasteiger partial charge on any atom is -0.383 e. The van der Waals surface area contributed by atoms with Crippen LogP contribution in [0.4, 0.5) is 14.6 Å².